The molecule has 1 aromatic heterocycles. The van der Waals surface area contributed by atoms with Gasteiger partial charge in [-0.1, -0.05) is 56.5 Å². The average Bonchev–Trinajstić information content (AvgIpc) is 2.55. The zero-order valence-electron chi connectivity index (χ0n) is 13.5. The standard InChI is InChI=1S/C17H22ClN5/c1-3-8-14(9-4-2)20-22-17-15(12-16(18)21-23-17)19-13-10-6-5-7-11-13/h5-7,10-12,14H,3-4,8-9H2,1-2H3,(H,19,21). The minimum absolute atomic E-state index is 0.229. The van der Waals surface area contributed by atoms with E-state index in [1.807, 2.05) is 30.3 Å². The van der Waals surface area contributed by atoms with Gasteiger partial charge in [-0.25, -0.2) is 0 Å². The van der Waals surface area contributed by atoms with E-state index in [9.17, 15) is 0 Å². The first-order valence-electron chi connectivity index (χ1n) is 7.99. The Bertz CT molecular complexity index is 624. The molecule has 0 unspecified atom stereocenters. The summed E-state index contributed by atoms with van der Waals surface area (Å²) in [6.45, 7) is 4.31. The van der Waals surface area contributed by atoms with E-state index in [-0.39, 0.29) is 6.04 Å². The number of anilines is 2. The largest absolute Gasteiger partial charge is 0.352 e. The fourth-order valence-electron chi connectivity index (χ4n) is 2.27. The Morgan fingerprint density at radius 3 is 2.43 bits per heavy atom. The van der Waals surface area contributed by atoms with Crippen LogP contribution in [0.4, 0.5) is 17.2 Å². The number of halogens is 1. The van der Waals surface area contributed by atoms with Crippen molar-refractivity contribution in [3.8, 4) is 0 Å². The topological polar surface area (TPSA) is 62.5 Å². The Balaban J connectivity index is 2.20. The van der Waals surface area contributed by atoms with Gasteiger partial charge in [-0.15, -0.1) is 15.3 Å². The van der Waals surface area contributed by atoms with Crippen LogP contribution in [0, 0.1) is 0 Å². The van der Waals surface area contributed by atoms with Crippen LogP contribution < -0.4 is 5.32 Å². The number of hydrogen-bond acceptors (Lipinski definition) is 5. The molecule has 1 aromatic carbocycles. The minimum Gasteiger partial charge on any atom is -0.352 e. The lowest BCUT2D eigenvalue weighted by Crippen LogP contribution is -2.02. The average molecular weight is 332 g/mol. The highest BCUT2D eigenvalue weighted by molar-refractivity contribution is 6.29. The molecular weight excluding hydrogens is 310 g/mol. The molecule has 1 heterocycles. The first kappa shape index (κ1) is 17.3. The molecule has 0 aliphatic carbocycles. The second kappa shape index (κ2) is 9.20. The highest BCUT2D eigenvalue weighted by atomic mass is 35.5. The minimum atomic E-state index is 0.229. The molecule has 0 spiro atoms. The van der Waals surface area contributed by atoms with E-state index in [4.69, 9.17) is 11.6 Å². The van der Waals surface area contributed by atoms with E-state index in [0.717, 1.165) is 31.4 Å². The summed E-state index contributed by atoms with van der Waals surface area (Å²) in [5.74, 6) is 0.454. The molecule has 0 aliphatic rings. The normalized spacial score (nSPS) is 11.3. The number of azo groups is 1. The SMILES string of the molecule is CCCC(CCC)N=Nc1nnc(Cl)cc1Nc1ccccc1. The van der Waals surface area contributed by atoms with Gasteiger partial charge in [-0.05, 0) is 25.0 Å². The summed E-state index contributed by atoms with van der Waals surface area (Å²) in [7, 11) is 0. The van der Waals surface area contributed by atoms with Gasteiger partial charge in [0.15, 0.2) is 5.15 Å². The van der Waals surface area contributed by atoms with E-state index < -0.39 is 0 Å². The third-order valence-corrected chi connectivity index (χ3v) is 3.54. The summed E-state index contributed by atoms with van der Waals surface area (Å²) in [5.41, 5.74) is 1.64. The molecule has 0 saturated heterocycles. The molecule has 0 atom stereocenters. The maximum atomic E-state index is 5.96. The summed E-state index contributed by atoms with van der Waals surface area (Å²) in [4.78, 5) is 0. The summed E-state index contributed by atoms with van der Waals surface area (Å²) in [6, 6.07) is 11.7. The van der Waals surface area contributed by atoms with Crippen molar-refractivity contribution in [2.45, 2.75) is 45.6 Å². The number of benzene rings is 1. The molecule has 1 N–H and O–H groups in total. The van der Waals surface area contributed by atoms with Gasteiger partial charge in [0.05, 0.1) is 11.7 Å². The molecule has 0 radical (unpaired) electrons. The number of rotatable bonds is 8. The first-order valence-corrected chi connectivity index (χ1v) is 8.36. The molecule has 2 rings (SSSR count). The van der Waals surface area contributed by atoms with Crippen molar-refractivity contribution in [1.82, 2.24) is 10.2 Å². The highest BCUT2D eigenvalue weighted by Gasteiger charge is 2.09. The Morgan fingerprint density at radius 2 is 1.78 bits per heavy atom. The zero-order valence-corrected chi connectivity index (χ0v) is 14.3. The van der Waals surface area contributed by atoms with E-state index in [1.54, 1.807) is 6.07 Å². The number of aromatic nitrogens is 2. The van der Waals surface area contributed by atoms with Crippen molar-refractivity contribution in [3.63, 3.8) is 0 Å². The van der Waals surface area contributed by atoms with Crippen LogP contribution in [0.1, 0.15) is 39.5 Å². The lowest BCUT2D eigenvalue weighted by molar-refractivity contribution is 0.536. The fraction of sp³-hybridized carbons (Fsp3) is 0.412. The van der Waals surface area contributed by atoms with Crippen LogP contribution in [0.2, 0.25) is 5.15 Å². The van der Waals surface area contributed by atoms with Crippen LogP contribution in [0.15, 0.2) is 46.6 Å². The molecule has 0 amide bonds. The van der Waals surface area contributed by atoms with Crippen LogP contribution >= 0.6 is 11.6 Å². The lowest BCUT2D eigenvalue weighted by atomic mass is 10.1. The Hall–Kier alpha value is -2.01. The van der Waals surface area contributed by atoms with Crippen LogP contribution in [0.5, 0.6) is 0 Å². The number of nitrogens with one attached hydrogen (secondary N) is 1. The molecule has 0 aliphatic heterocycles. The Morgan fingerprint density at radius 1 is 1.09 bits per heavy atom. The second-order valence-electron chi connectivity index (χ2n) is 5.34. The number of para-hydroxylation sites is 1. The Labute approximate surface area is 142 Å². The maximum absolute atomic E-state index is 5.96. The van der Waals surface area contributed by atoms with Crippen LogP contribution in [0.25, 0.3) is 0 Å². The summed E-state index contributed by atoms with van der Waals surface area (Å²) in [6.07, 6.45) is 4.23. The third kappa shape index (κ3) is 5.60. The van der Waals surface area contributed by atoms with Gasteiger partial charge < -0.3 is 5.32 Å². The van der Waals surface area contributed by atoms with Gasteiger partial charge in [-0.2, -0.15) is 5.11 Å². The van der Waals surface area contributed by atoms with Crippen molar-refractivity contribution in [1.29, 1.82) is 0 Å². The maximum Gasteiger partial charge on any atom is 0.219 e. The van der Waals surface area contributed by atoms with E-state index in [1.165, 1.54) is 0 Å². The quantitative estimate of drug-likeness (QED) is 0.610. The van der Waals surface area contributed by atoms with Crippen molar-refractivity contribution < 1.29 is 0 Å². The van der Waals surface area contributed by atoms with Gasteiger partial charge in [0.25, 0.3) is 0 Å². The van der Waals surface area contributed by atoms with Crippen molar-refractivity contribution in [2.24, 2.45) is 10.2 Å². The molecule has 0 saturated carbocycles. The summed E-state index contributed by atoms with van der Waals surface area (Å²) >= 11 is 5.96. The van der Waals surface area contributed by atoms with Crippen LogP contribution in [-0.4, -0.2) is 16.2 Å². The van der Waals surface area contributed by atoms with Gasteiger partial charge in [-0.3, -0.25) is 0 Å². The van der Waals surface area contributed by atoms with E-state index >= 15 is 0 Å². The van der Waals surface area contributed by atoms with Crippen LogP contribution in [0.3, 0.4) is 0 Å². The summed E-state index contributed by atoms with van der Waals surface area (Å²) < 4.78 is 0. The van der Waals surface area contributed by atoms with Crippen molar-refractivity contribution in [2.75, 3.05) is 5.32 Å². The second-order valence-corrected chi connectivity index (χ2v) is 5.73. The molecule has 23 heavy (non-hydrogen) atoms. The monoisotopic (exact) mass is 331 g/mol. The van der Waals surface area contributed by atoms with E-state index in [2.05, 4.69) is 39.6 Å². The smallest absolute Gasteiger partial charge is 0.219 e. The third-order valence-electron chi connectivity index (χ3n) is 3.36. The Kier molecular flexibility index (Phi) is 6.94. The van der Waals surface area contributed by atoms with Crippen molar-refractivity contribution in [3.05, 3.63) is 41.6 Å². The number of hydrogen-bond donors (Lipinski definition) is 1. The lowest BCUT2D eigenvalue weighted by Gasteiger charge is -2.10. The predicted molar refractivity (Wildman–Crippen MR) is 94.9 cm³/mol. The van der Waals surface area contributed by atoms with Gasteiger partial charge >= 0.3 is 0 Å². The molecule has 0 fully saturated rings. The molecular formula is C17H22ClN5. The fourth-order valence-corrected chi connectivity index (χ4v) is 2.41. The molecule has 5 nitrogen and oxygen atoms in total. The van der Waals surface area contributed by atoms with Gasteiger partial charge in [0, 0.05) is 11.8 Å². The first-order chi connectivity index (χ1) is 11.2. The summed E-state index contributed by atoms with van der Waals surface area (Å²) in [5, 5.41) is 20.3. The van der Waals surface area contributed by atoms with Crippen molar-refractivity contribution >= 4 is 28.8 Å². The zero-order chi connectivity index (χ0) is 16.5. The molecule has 6 heteroatoms. The van der Waals surface area contributed by atoms with Gasteiger partial charge in [0.2, 0.25) is 5.82 Å². The molecule has 2 aromatic rings. The highest BCUT2D eigenvalue weighted by Crippen LogP contribution is 2.28. The van der Waals surface area contributed by atoms with Gasteiger partial charge in [0.1, 0.15) is 0 Å². The van der Waals surface area contributed by atoms with Crippen LogP contribution in [-0.2, 0) is 0 Å². The molecule has 122 valence electrons. The number of nitrogens with zero attached hydrogens (tertiary/aromatic N) is 4. The molecule has 0 bridgehead atoms. The van der Waals surface area contributed by atoms with E-state index in [0.29, 0.717) is 16.7 Å². The predicted octanol–water partition coefficient (Wildman–Crippen LogP) is 5.93.